The van der Waals surface area contributed by atoms with Gasteiger partial charge in [-0.05, 0) is 17.7 Å². The summed E-state index contributed by atoms with van der Waals surface area (Å²) >= 11 is 0. The first-order valence-corrected chi connectivity index (χ1v) is 4.91. The van der Waals surface area contributed by atoms with Gasteiger partial charge >= 0.3 is 5.97 Å². The number of hydrogen-bond donors (Lipinski definition) is 1. The first kappa shape index (κ1) is 10.4. The number of Topliss-reactive ketones (excluding diaryl/α,β-unsaturated/α-hetero) is 1. The summed E-state index contributed by atoms with van der Waals surface area (Å²) in [5.41, 5.74) is 0.332. The zero-order valence-electron chi connectivity index (χ0n) is 8.56. The van der Waals surface area contributed by atoms with E-state index in [2.05, 4.69) is 5.92 Å². The predicted octanol–water partition coefficient (Wildman–Crippen LogP) is 1.35. The largest absolute Gasteiger partial charge is 0.481 e. The molecule has 1 aliphatic carbocycles. The second-order valence-corrected chi connectivity index (χ2v) is 4.00. The molecule has 3 nitrogen and oxygen atoms in total. The minimum absolute atomic E-state index is 0.0107. The summed E-state index contributed by atoms with van der Waals surface area (Å²) in [5.74, 6) is 1.51. The number of carbonyl (C=O) groups excluding carboxylic acids is 1. The quantitative estimate of drug-likeness (QED) is 0.756. The SMILES string of the molecule is C#Cc1ccc(C2(C(=O)O)CC(=O)C2)cc1. The van der Waals surface area contributed by atoms with E-state index in [1.165, 1.54) is 0 Å². The molecule has 1 saturated carbocycles. The van der Waals surface area contributed by atoms with Crippen molar-refractivity contribution in [1.29, 1.82) is 0 Å². The Bertz CT molecular complexity index is 483. The number of rotatable bonds is 2. The van der Waals surface area contributed by atoms with E-state index in [1.807, 2.05) is 0 Å². The first-order chi connectivity index (χ1) is 7.58. The molecule has 0 unspecified atom stereocenters. The third kappa shape index (κ3) is 1.40. The third-order valence-corrected chi connectivity index (χ3v) is 3.01. The monoisotopic (exact) mass is 214 g/mol. The maximum Gasteiger partial charge on any atom is 0.315 e. The number of terminal acetylenes is 1. The lowest BCUT2D eigenvalue weighted by Gasteiger charge is -2.36. The van der Waals surface area contributed by atoms with Crippen LogP contribution in [0.25, 0.3) is 0 Å². The number of carboxylic acid groups (broad SMARTS) is 1. The highest BCUT2D eigenvalue weighted by atomic mass is 16.4. The van der Waals surface area contributed by atoms with E-state index in [1.54, 1.807) is 24.3 Å². The molecule has 1 aromatic rings. The fourth-order valence-corrected chi connectivity index (χ4v) is 1.99. The maximum atomic E-state index is 11.2. The van der Waals surface area contributed by atoms with Crippen LogP contribution in [-0.2, 0) is 15.0 Å². The highest BCUT2D eigenvalue weighted by Crippen LogP contribution is 2.41. The van der Waals surface area contributed by atoms with E-state index in [4.69, 9.17) is 6.42 Å². The van der Waals surface area contributed by atoms with E-state index >= 15 is 0 Å². The van der Waals surface area contributed by atoms with E-state index in [0.717, 1.165) is 0 Å². The van der Waals surface area contributed by atoms with Crippen molar-refractivity contribution in [1.82, 2.24) is 0 Å². The number of aliphatic carboxylic acids is 1. The molecule has 0 aromatic heterocycles. The Labute approximate surface area is 93.1 Å². The fourth-order valence-electron chi connectivity index (χ4n) is 1.99. The van der Waals surface area contributed by atoms with Gasteiger partial charge in [0.1, 0.15) is 11.2 Å². The molecular weight excluding hydrogens is 204 g/mol. The van der Waals surface area contributed by atoms with Gasteiger partial charge in [-0.3, -0.25) is 9.59 Å². The van der Waals surface area contributed by atoms with Crippen LogP contribution in [0, 0.1) is 12.3 Å². The normalized spacial score (nSPS) is 17.3. The number of carbonyl (C=O) groups is 2. The van der Waals surface area contributed by atoms with Gasteiger partial charge in [0.25, 0.3) is 0 Å². The molecule has 2 rings (SSSR count). The number of ketones is 1. The highest BCUT2D eigenvalue weighted by Gasteiger charge is 2.51. The van der Waals surface area contributed by atoms with Gasteiger partial charge in [0.15, 0.2) is 0 Å². The summed E-state index contributed by atoms with van der Waals surface area (Å²) in [6, 6.07) is 6.77. The zero-order valence-corrected chi connectivity index (χ0v) is 8.56. The van der Waals surface area contributed by atoms with Crippen LogP contribution in [0.5, 0.6) is 0 Å². The van der Waals surface area contributed by atoms with Crippen LogP contribution >= 0.6 is 0 Å². The van der Waals surface area contributed by atoms with Crippen LogP contribution in [0.2, 0.25) is 0 Å². The second-order valence-electron chi connectivity index (χ2n) is 4.00. The van der Waals surface area contributed by atoms with E-state index < -0.39 is 11.4 Å². The topological polar surface area (TPSA) is 54.4 Å². The molecule has 0 atom stereocenters. The maximum absolute atomic E-state index is 11.2. The van der Waals surface area contributed by atoms with Crippen molar-refractivity contribution in [2.75, 3.05) is 0 Å². The van der Waals surface area contributed by atoms with Crippen LogP contribution in [-0.4, -0.2) is 16.9 Å². The van der Waals surface area contributed by atoms with Gasteiger partial charge in [-0.25, -0.2) is 0 Å². The molecule has 1 fully saturated rings. The summed E-state index contributed by atoms with van der Waals surface area (Å²) in [6.45, 7) is 0. The van der Waals surface area contributed by atoms with E-state index in [9.17, 15) is 14.7 Å². The molecule has 0 heterocycles. The molecule has 1 aliphatic rings. The minimum atomic E-state index is -1.02. The molecule has 0 bridgehead atoms. The Balaban J connectivity index is 2.38. The highest BCUT2D eigenvalue weighted by molar-refractivity contribution is 6.01. The second kappa shape index (κ2) is 3.49. The molecule has 1 aromatic carbocycles. The zero-order chi connectivity index (χ0) is 11.8. The average molecular weight is 214 g/mol. The fraction of sp³-hybridized carbons (Fsp3) is 0.231. The summed E-state index contributed by atoms with van der Waals surface area (Å²) in [6.07, 6.45) is 5.38. The van der Waals surface area contributed by atoms with Crippen molar-refractivity contribution in [3.63, 3.8) is 0 Å². The third-order valence-electron chi connectivity index (χ3n) is 3.01. The van der Waals surface area contributed by atoms with Crippen LogP contribution in [0.4, 0.5) is 0 Å². The van der Waals surface area contributed by atoms with Crippen molar-refractivity contribution in [3.8, 4) is 12.3 Å². The summed E-state index contributed by atoms with van der Waals surface area (Å²) < 4.78 is 0. The Morgan fingerprint density at radius 3 is 2.25 bits per heavy atom. The van der Waals surface area contributed by atoms with Gasteiger partial charge in [0.2, 0.25) is 0 Å². The molecule has 80 valence electrons. The number of hydrogen-bond acceptors (Lipinski definition) is 2. The summed E-state index contributed by atoms with van der Waals surface area (Å²) in [7, 11) is 0. The predicted molar refractivity (Wildman–Crippen MR) is 57.9 cm³/mol. The lowest BCUT2D eigenvalue weighted by atomic mass is 9.63. The lowest BCUT2D eigenvalue weighted by Crippen LogP contribution is -2.48. The van der Waals surface area contributed by atoms with Gasteiger partial charge in [-0.2, -0.15) is 0 Å². The Morgan fingerprint density at radius 1 is 1.31 bits per heavy atom. The smallest absolute Gasteiger partial charge is 0.315 e. The Morgan fingerprint density at radius 2 is 1.88 bits per heavy atom. The molecule has 0 spiro atoms. The molecule has 16 heavy (non-hydrogen) atoms. The van der Waals surface area contributed by atoms with Gasteiger partial charge in [0, 0.05) is 18.4 Å². The summed E-state index contributed by atoms with van der Waals surface area (Å²) in [4.78, 5) is 22.2. The van der Waals surface area contributed by atoms with Crippen LogP contribution < -0.4 is 0 Å². The number of carboxylic acids is 1. The average Bonchev–Trinajstić information content (AvgIpc) is 2.24. The molecule has 0 amide bonds. The molecule has 0 radical (unpaired) electrons. The van der Waals surface area contributed by atoms with Crippen molar-refractivity contribution in [3.05, 3.63) is 35.4 Å². The molecule has 0 saturated heterocycles. The van der Waals surface area contributed by atoms with Crippen molar-refractivity contribution in [2.45, 2.75) is 18.3 Å². The van der Waals surface area contributed by atoms with Crippen LogP contribution in [0.3, 0.4) is 0 Å². The van der Waals surface area contributed by atoms with Gasteiger partial charge in [-0.15, -0.1) is 6.42 Å². The Hall–Kier alpha value is -2.08. The van der Waals surface area contributed by atoms with E-state index in [0.29, 0.717) is 11.1 Å². The van der Waals surface area contributed by atoms with Crippen molar-refractivity contribution < 1.29 is 14.7 Å². The molecule has 1 N–H and O–H groups in total. The molecule has 0 aliphatic heterocycles. The van der Waals surface area contributed by atoms with Gasteiger partial charge in [-0.1, -0.05) is 18.1 Å². The number of benzene rings is 1. The first-order valence-electron chi connectivity index (χ1n) is 4.91. The molecular formula is C13H10O3. The minimum Gasteiger partial charge on any atom is -0.481 e. The van der Waals surface area contributed by atoms with Crippen LogP contribution in [0.1, 0.15) is 24.0 Å². The van der Waals surface area contributed by atoms with Crippen LogP contribution in [0.15, 0.2) is 24.3 Å². The molecule has 3 heteroatoms. The van der Waals surface area contributed by atoms with Gasteiger partial charge < -0.3 is 5.11 Å². The Kier molecular flexibility index (Phi) is 2.28. The van der Waals surface area contributed by atoms with Crippen molar-refractivity contribution >= 4 is 11.8 Å². The van der Waals surface area contributed by atoms with Crippen molar-refractivity contribution in [2.24, 2.45) is 0 Å². The van der Waals surface area contributed by atoms with Gasteiger partial charge in [0.05, 0.1) is 0 Å². The standard InChI is InChI=1S/C13H10O3/c1-2-9-3-5-10(6-4-9)13(12(15)16)7-11(14)8-13/h1,3-6H,7-8H2,(H,15,16). The summed E-state index contributed by atoms with van der Waals surface area (Å²) in [5, 5.41) is 9.19. The lowest BCUT2D eigenvalue weighted by molar-refractivity contribution is -0.153. The van der Waals surface area contributed by atoms with E-state index in [-0.39, 0.29) is 18.6 Å².